The molecule has 1 saturated heterocycles. The Bertz CT molecular complexity index is 423. The van der Waals surface area contributed by atoms with E-state index in [1.807, 2.05) is 0 Å². The number of hydrogen-bond acceptors (Lipinski definition) is 2. The van der Waals surface area contributed by atoms with Gasteiger partial charge in [-0.15, -0.1) is 0 Å². The summed E-state index contributed by atoms with van der Waals surface area (Å²) in [4.78, 5) is 0. The molecule has 1 heterocycles. The average molecular weight is 252 g/mol. The van der Waals surface area contributed by atoms with E-state index in [1.54, 1.807) is 0 Å². The van der Waals surface area contributed by atoms with Crippen LogP contribution in [0.2, 0.25) is 5.02 Å². The third kappa shape index (κ3) is 1.79. The topological polar surface area (TPSA) is 35.2 Å². The van der Waals surface area contributed by atoms with Crippen molar-refractivity contribution in [3.8, 4) is 0 Å². The zero-order valence-corrected chi connectivity index (χ0v) is 8.90. The van der Waals surface area contributed by atoms with Crippen molar-refractivity contribution in [3.05, 3.63) is 34.4 Å². The monoisotopic (exact) mass is 251 g/mol. The van der Waals surface area contributed by atoms with Gasteiger partial charge in [0.05, 0.1) is 24.3 Å². The van der Waals surface area contributed by atoms with Crippen LogP contribution < -0.4 is 5.73 Å². The van der Waals surface area contributed by atoms with Gasteiger partial charge < -0.3 is 10.5 Å². The number of nitrogens with two attached hydrogens (primary N) is 1. The van der Waals surface area contributed by atoms with E-state index in [0.717, 1.165) is 12.1 Å². The minimum absolute atomic E-state index is 0.210. The molecule has 2 N–H and O–H groups in total. The second-order valence-electron chi connectivity index (χ2n) is 3.79. The van der Waals surface area contributed by atoms with Gasteiger partial charge in [-0.25, -0.2) is 13.2 Å². The molecule has 1 aromatic rings. The Labute approximate surface area is 95.1 Å². The summed E-state index contributed by atoms with van der Waals surface area (Å²) in [6.45, 7) is -0.421. The fourth-order valence-corrected chi connectivity index (χ4v) is 1.68. The van der Waals surface area contributed by atoms with Crippen LogP contribution in [0.3, 0.4) is 0 Å². The summed E-state index contributed by atoms with van der Waals surface area (Å²) in [5.74, 6) is -1.64. The molecule has 0 spiro atoms. The predicted octanol–water partition coefficient (Wildman–Crippen LogP) is 2.36. The highest BCUT2D eigenvalue weighted by Gasteiger charge is 2.46. The number of alkyl halides is 1. The number of ether oxygens (including phenoxy) is 1. The van der Waals surface area contributed by atoms with Crippen LogP contribution in [-0.4, -0.2) is 18.9 Å². The maximum atomic E-state index is 13.8. The average Bonchev–Trinajstić information content (AvgIpc) is 2.19. The maximum absolute atomic E-state index is 13.8. The first kappa shape index (κ1) is 11.7. The molecule has 1 fully saturated rings. The smallest absolute Gasteiger partial charge is 0.176 e. The van der Waals surface area contributed by atoms with Gasteiger partial charge in [-0.05, 0) is 12.1 Å². The zero-order chi connectivity index (χ0) is 11.9. The maximum Gasteiger partial charge on any atom is 0.176 e. The lowest BCUT2D eigenvalue weighted by Gasteiger charge is -2.38. The fraction of sp³-hybridized carbons (Fsp3) is 0.400. The summed E-state index contributed by atoms with van der Waals surface area (Å²) in [6.07, 6.45) is 0. The van der Waals surface area contributed by atoms with Gasteiger partial charge in [-0.2, -0.15) is 0 Å². The van der Waals surface area contributed by atoms with Gasteiger partial charge in [-0.1, -0.05) is 11.6 Å². The minimum atomic E-state index is -1.83. The lowest BCUT2D eigenvalue weighted by molar-refractivity contribution is -0.143. The molecule has 2 rings (SSSR count). The van der Waals surface area contributed by atoms with Crippen LogP contribution in [0, 0.1) is 11.6 Å². The Morgan fingerprint density at radius 1 is 1.31 bits per heavy atom. The number of benzene rings is 1. The van der Waals surface area contributed by atoms with E-state index in [1.165, 1.54) is 0 Å². The molecule has 0 aliphatic carbocycles. The van der Waals surface area contributed by atoms with Crippen molar-refractivity contribution in [2.45, 2.75) is 11.7 Å². The number of halogens is 4. The summed E-state index contributed by atoms with van der Waals surface area (Å²) in [7, 11) is 0. The van der Waals surface area contributed by atoms with Crippen LogP contribution >= 0.6 is 11.6 Å². The lowest BCUT2D eigenvalue weighted by atomic mass is 9.89. The van der Waals surface area contributed by atoms with Gasteiger partial charge in [0.2, 0.25) is 0 Å². The zero-order valence-electron chi connectivity index (χ0n) is 8.14. The Morgan fingerprint density at radius 2 is 1.94 bits per heavy atom. The van der Waals surface area contributed by atoms with Gasteiger partial charge >= 0.3 is 0 Å². The molecule has 1 unspecified atom stereocenters. The van der Waals surface area contributed by atoms with E-state index in [9.17, 15) is 13.2 Å². The van der Waals surface area contributed by atoms with Gasteiger partial charge in [0.25, 0.3) is 0 Å². The van der Waals surface area contributed by atoms with Crippen molar-refractivity contribution in [1.29, 1.82) is 0 Å². The quantitative estimate of drug-likeness (QED) is 0.819. The molecule has 1 atom stereocenters. The molecule has 0 amide bonds. The molecular weight excluding hydrogens is 243 g/mol. The van der Waals surface area contributed by atoms with Crippen molar-refractivity contribution in [1.82, 2.24) is 0 Å². The highest BCUT2D eigenvalue weighted by Crippen LogP contribution is 2.36. The van der Waals surface area contributed by atoms with Crippen LogP contribution in [-0.2, 0) is 4.74 Å². The largest absolute Gasteiger partial charge is 0.374 e. The molecule has 0 radical (unpaired) electrons. The molecule has 2 nitrogen and oxygen atoms in total. The van der Waals surface area contributed by atoms with Crippen LogP contribution in [0.15, 0.2) is 12.1 Å². The first-order chi connectivity index (χ1) is 7.44. The minimum Gasteiger partial charge on any atom is -0.374 e. The molecule has 16 heavy (non-hydrogen) atoms. The van der Waals surface area contributed by atoms with Gasteiger partial charge in [0, 0.05) is 5.56 Å². The Balaban J connectivity index is 2.36. The van der Waals surface area contributed by atoms with Gasteiger partial charge in [0.1, 0.15) is 11.6 Å². The van der Waals surface area contributed by atoms with Gasteiger partial charge in [0.15, 0.2) is 5.67 Å². The molecule has 1 aliphatic heterocycles. The molecule has 0 bridgehead atoms. The van der Waals surface area contributed by atoms with E-state index >= 15 is 0 Å². The Kier molecular flexibility index (Phi) is 2.86. The summed E-state index contributed by atoms with van der Waals surface area (Å²) in [6, 6.07) is 0.352. The molecule has 1 aromatic carbocycles. The Hall–Kier alpha value is -0.780. The first-order valence-corrected chi connectivity index (χ1v) is 4.98. The Morgan fingerprint density at radius 3 is 2.44 bits per heavy atom. The van der Waals surface area contributed by atoms with Crippen LogP contribution in [0.1, 0.15) is 11.6 Å². The lowest BCUT2D eigenvalue weighted by Crippen LogP contribution is -2.53. The van der Waals surface area contributed by atoms with E-state index in [2.05, 4.69) is 4.74 Å². The van der Waals surface area contributed by atoms with Crippen molar-refractivity contribution in [2.24, 2.45) is 5.73 Å². The molecule has 6 heteroatoms. The first-order valence-electron chi connectivity index (χ1n) is 4.61. The van der Waals surface area contributed by atoms with Gasteiger partial charge in [-0.3, -0.25) is 0 Å². The van der Waals surface area contributed by atoms with Crippen molar-refractivity contribution >= 4 is 11.6 Å². The van der Waals surface area contributed by atoms with Crippen LogP contribution in [0.4, 0.5) is 13.2 Å². The van der Waals surface area contributed by atoms with Crippen molar-refractivity contribution in [3.63, 3.8) is 0 Å². The molecule has 0 saturated carbocycles. The summed E-state index contributed by atoms with van der Waals surface area (Å²) < 4.78 is 45.1. The van der Waals surface area contributed by atoms with Crippen molar-refractivity contribution in [2.75, 3.05) is 13.2 Å². The van der Waals surface area contributed by atoms with Crippen LogP contribution in [0.25, 0.3) is 0 Å². The molecular formula is C10H9ClF3NO. The summed E-state index contributed by atoms with van der Waals surface area (Å²) in [5, 5.41) is -0.355. The van der Waals surface area contributed by atoms with E-state index in [4.69, 9.17) is 17.3 Å². The fourth-order valence-electron chi connectivity index (χ4n) is 1.53. The summed E-state index contributed by atoms with van der Waals surface area (Å²) in [5.41, 5.74) is 3.49. The standard InChI is InChI=1S/C10H9ClF3NO/c11-6-2-7(12)5(1-8(6)13)9(15)10(14)3-16-4-10/h1-2,9H,3-4,15H2. The third-order valence-electron chi connectivity index (χ3n) is 2.62. The second kappa shape index (κ2) is 3.91. The third-order valence-corrected chi connectivity index (χ3v) is 2.91. The highest BCUT2D eigenvalue weighted by molar-refractivity contribution is 6.30. The van der Waals surface area contributed by atoms with E-state index in [0.29, 0.717) is 0 Å². The number of rotatable bonds is 2. The van der Waals surface area contributed by atoms with Crippen molar-refractivity contribution < 1.29 is 17.9 Å². The summed E-state index contributed by atoms with van der Waals surface area (Å²) >= 11 is 5.38. The molecule has 88 valence electrons. The number of hydrogen-bond donors (Lipinski definition) is 1. The SMILES string of the molecule is NC(c1cc(F)c(Cl)cc1F)C1(F)COC1. The molecule has 0 aromatic heterocycles. The normalized spacial score (nSPS) is 20.3. The predicted molar refractivity (Wildman–Crippen MR) is 53.0 cm³/mol. The van der Waals surface area contributed by atoms with E-state index in [-0.39, 0.29) is 23.8 Å². The van der Waals surface area contributed by atoms with Crippen LogP contribution in [0.5, 0.6) is 0 Å². The molecule has 1 aliphatic rings. The van der Waals surface area contributed by atoms with E-state index < -0.39 is 23.3 Å². The highest BCUT2D eigenvalue weighted by atomic mass is 35.5. The second-order valence-corrected chi connectivity index (χ2v) is 4.20.